The number of nitrogens with one attached hydrogen (secondary N) is 1. The predicted octanol–water partition coefficient (Wildman–Crippen LogP) is 3.76. The van der Waals surface area contributed by atoms with Crippen LogP contribution in [0.2, 0.25) is 0 Å². The number of halogens is 1. The fourth-order valence-electron chi connectivity index (χ4n) is 3.50. The van der Waals surface area contributed by atoms with Crippen LogP contribution in [0.3, 0.4) is 0 Å². The van der Waals surface area contributed by atoms with E-state index in [9.17, 15) is 4.79 Å². The minimum Gasteiger partial charge on any atom is -0.353 e. The lowest BCUT2D eigenvalue weighted by Crippen LogP contribution is -2.47. The lowest BCUT2D eigenvalue weighted by molar-refractivity contribution is -0.123. The van der Waals surface area contributed by atoms with Gasteiger partial charge in [-0.3, -0.25) is 9.69 Å². The zero-order chi connectivity index (χ0) is 18.5. The second-order valence-electron chi connectivity index (χ2n) is 7.17. The summed E-state index contributed by atoms with van der Waals surface area (Å²) in [6.45, 7) is 6.64. The molecule has 0 saturated heterocycles. The van der Waals surface area contributed by atoms with Crippen molar-refractivity contribution in [1.29, 1.82) is 0 Å². The molecule has 0 fully saturated rings. The van der Waals surface area contributed by atoms with Gasteiger partial charge < -0.3 is 11.1 Å². The number of fused-ring (bicyclic) bond motifs is 1. The van der Waals surface area contributed by atoms with Crippen LogP contribution in [0, 0.1) is 5.92 Å². The van der Waals surface area contributed by atoms with Gasteiger partial charge in [-0.25, -0.2) is 0 Å². The van der Waals surface area contributed by atoms with Gasteiger partial charge in [0, 0.05) is 24.5 Å². The highest BCUT2D eigenvalue weighted by Crippen LogP contribution is 2.30. The average molecular weight is 408 g/mol. The first-order chi connectivity index (χ1) is 12.6. The summed E-state index contributed by atoms with van der Waals surface area (Å²) in [6, 6.07) is 12.4. The van der Waals surface area contributed by atoms with Gasteiger partial charge in [0.15, 0.2) is 0 Å². The van der Waals surface area contributed by atoms with Crippen LogP contribution in [0.4, 0.5) is 0 Å². The summed E-state index contributed by atoms with van der Waals surface area (Å²) in [6.07, 6.45) is 1.99. The van der Waals surface area contributed by atoms with Crippen molar-refractivity contribution >= 4 is 29.7 Å². The van der Waals surface area contributed by atoms with E-state index in [4.69, 9.17) is 5.73 Å². The predicted molar refractivity (Wildman–Crippen MR) is 115 cm³/mol. The molecule has 0 aliphatic carbocycles. The Morgan fingerprint density at radius 2 is 2.04 bits per heavy atom. The summed E-state index contributed by atoms with van der Waals surface area (Å²) in [5.74, 6) is 0.141. The average Bonchev–Trinajstić information content (AvgIpc) is 3.15. The van der Waals surface area contributed by atoms with Gasteiger partial charge in [0.2, 0.25) is 5.91 Å². The molecule has 3 atom stereocenters. The summed E-state index contributed by atoms with van der Waals surface area (Å²) >= 11 is 1.85. The number of nitrogens with zero attached hydrogens (tertiary/aromatic N) is 1. The number of thiophene rings is 1. The van der Waals surface area contributed by atoms with Crippen LogP contribution in [0.25, 0.3) is 0 Å². The standard InChI is InChI=1S/C21H29N3OS.ClH/c1-3-15(2)20(22)21(25)23-13-18(16-7-5-4-6-8-16)24-11-9-19-17(14-24)10-12-26-19;/h4-8,10,12,15,18,20H,3,9,11,13-14,22H2,1-2H3,(H,23,25);1H. The number of carbonyl (C=O) groups is 1. The molecule has 27 heavy (non-hydrogen) atoms. The summed E-state index contributed by atoms with van der Waals surface area (Å²) < 4.78 is 0. The highest BCUT2D eigenvalue weighted by Gasteiger charge is 2.27. The van der Waals surface area contributed by atoms with E-state index in [1.807, 2.05) is 24.3 Å². The Balaban J connectivity index is 0.00000261. The van der Waals surface area contributed by atoms with Crippen molar-refractivity contribution < 1.29 is 4.79 Å². The van der Waals surface area contributed by atoms with Gasteiger partial charge in [0.1, 0.15) is 0 Å². The summed E-state index contributed by atoms with van der Waals surface area (Å²) in [5, 5.41) is 5.29. The molecule has 1 aliphatic rings. The van der Waals surface area contributed by atoms with Crippen molar-refractivity contribution in [1.82, 2.24) is 10.2 Å². The number of hydrogen-bond donors (Lipinski definition) is 2. The van der Waals surface area contributed by atoms with Crippen molar-refractivity contribution in [3.8, 4) is 0 Å². The van der Waals surface area contributed by atoms with E-state index in [0.29, 0.717) is 6.54 Å². The van der Waals surface area contributed by atoms with E-state index in [2.05, 4.69) is 52.9 Å². The second-order valence-corrected chi connectivity index (χ2v) is 8.17. The van der Waals surface area contributed by atoms with E-state index in [-0.39, 0.29) is 30.3 Å². The minimum atomic E-state index is -0.443. The van der Waals surface area contributed by atoms with Crippen LogP contribution in [-0.2, 0) is 17.8 Å². The quantitative estimate of drug-likeness (QED) is 0.734. The van der Waals surface area contributed by atoms with Crippen molar-refractivity contribution in [2.45, 2.75) is 45.3 Å². The fourth-order valence-corrected chi connectivity index (χ4v) is 4.39. The first kappa shape index (κ1) is 21.9. The maximum absolute atomic E-state index is 12.5. The molecule has 3 N–H and O–H groups in total. The Labute approximate surface area is 172 Å². The van der Waals surface area contributed by atoms with Crippen LogP contribution in [0.1, 0.15) is 42.3 Å². The van der Waals surface area contributed by atoms with Crippen molar-refractivity contribution in [2.24, 2.45) is 11.7 Å². The largest absolute Gasteiger partial charge is 0.353 e. The van der Waals surface area contributed by atoms with Crippen molar-refractivity contribution in [3.63, 3.8) is 0 Å². The molecule has 0 spiro atoms. The molecule has 2 heterocycles. The molecule has 3 rings (SSSR count). The molecular weight excluding hydrogens is 378 g/mol. The topological polar surface area (TPSA) is 58.4 Å². The van der Waals surface area contributed by atoms with E-state index >= 15 is 0 Å². The molecule has 4 nitrogen and oxygen atoms in total. The summed E-state index contributed by atoms with van der Waals surface area (Å²) in [4.78, 5) is 16.4. The van der Waals surface area contributed by atoms with Crippen LogP contribution in [0.5, 0.6) is 0 Å². The molecule has 0 bridgehead atoms. The molecule has 3 unspecified atom stereocenters. The number of rotatable bonds is 7. The van der Waals surface area contributed by atoms with E-state index in [0.717, 1.165) is 25.9 Å². The molecule has 148 valence electrons. The lowest BCUT2D eigenvalue weighted by Gasteiger charge is -2.35. The SMILES string of the molecule is CCC(C)C(N)C(=O)NCC(c1ccccc1)N1CCc2sccc2C1.Cl. The van der Waals surface area contributed by atoms with Crippen LogP contribution >= 0.6 is 23.7 Å². The lowest BCUT2D eigenvalue weighted by atomic mass is 9.98. The molecule has 0 saturated carbocycles. The maximum Gasteiger partial charge on any atom is 0.237 e. The van der Waals surface area contributed by atoms with Crippen LogP contribution < -0.4 is 11.1 Å². The Bertz CT molecular complexity index is 721. The Morgan fingerprint density at radius 3 is 2.74 bits per heavy atom. The van der Waals surface area contributed by atoms with Gasteiger partial charge in [-0.1, -0.05) is 50.6 Å². The monoisotopic (exact) mass is 407 g/mol. The van der Waals surface area contributed by atoms with E-state index in [1.54, 1.807) is 0 Å². The molecule has 1 aromatic heterocycles. The zero-order valence-electron chi connectivity index (χ0n) is 16.1. The Morgan fingerprint density at radius 1 is 1.30 bits per heavy atom. The normalized spacial score (nSPS) is 17.3. The fraction of sp³-hybridized carbons (Fsp3) is 0.476. The molecule has 1 aromatic carbocycles. The van der Waals surface area contributed by atoms with E-state index in [1.165, 1.54) is 16.0 Å². The molecule has 1 amide bonds. The highest BCUT2D eigenvalue weighted by molar-refractivity contribution is 7.10. The zero-order valence-corrected chi connectivity index (χ0v) is 17.7. The maximum atomic E-state index is 12.5. The van der Waals surface area contributed by atoms with Crippen LogP contribution in [0.15, 0.2) is 41.8 Å². The molecule has 2 aromatic rings. The molecule has 0 radical (unpaired) electrons. The van der Waals surface area contributed by atoms with E-state index < -0.39 is 6.04 Å². The number of carbonyl (C=O) groups excluding carboxylic acids is 1. The summed E-state index contributed by atoms with van der Waals surface area (Å²) in [5.41, 5.74) is 8.76. The van der Waals surface area contributed by atoms with Gasteiger partial charge >= 0.3 is 0 Å². The van der Waals surface area contributed by atoms with Gasteiger partial charge in [-0.15, -0.1) is 23.7 Å². The Kier molecular flexibility index (Phi) is 8.29. The summed E-state index contributed by atoms with van der Waals surface area (Å²) in [7, 11) is 0. The molecule has 1 aliphatic heterocycles. The highest BCUT2D eigenvalue weighted by atomic mass is 35.5. The van der Waals surface area contributed by atoms with Gasteiger partial charge in [0.25, 0.3) is 0 Å². The second kappa shape index (κ2) is 10.2. The van der Waals surface area contributed by atoms with Gasteiger partial charge in [-0.05, 0) is 34.9 Å². The van der Waals surface area contributed by atoms with Gasteiger partial charge in [-0.2, -0.15) is 0 Å². The van der Waals surface area contributed by atoms with Crippen molar-refractivity contribution in [3.05, 3.63) is 57.8 Å². The third kappa shape index (κ3) is 5.32. The Hall–Kier alpha value is -1.40. The smallest absolute Gasteiger partial charge is 0.237 e. The number of nitrogens with two attached hydrogens (primary N) is 1. The van der Waals surface area contributed by atoms with Crippen LogP contribution in [-0.4, -0.2) is 29.9 Å². The number of hydrogen-bond acceptors (Lipinski definition) is 4. The van der Waals surface area contributed by atoms with Crippen molar-refractivity contribution in [2.75, 3.05) is 13.1 Å². The minimum absolute atomic E-state index is 0. The molecule has 6 heteroatoms. The first-order valence-corrected chi connectivity index (χ1v) is 10.4. The van der Waals surface area contributed by atoms with Gasteiger partial charge in [0.05, 0.1) is 12.1 Å². The number of benzene rings is 1. The third-order valence-electron chi connectivity index (χ3n) is 5.49. The third-order valence-corrected chi connectivity index (χ3v) is 6.51. The first-order valence-electron chi connectivity index (χ1n) is 9.47. The number of amides is 1. The molecular formula is C21H30ClN3OS.